The van der Waals surface area contributed by atoms with E-state index in [1.165, 1.54) is 11.8 Å². The van der Waals surface area contributed by atoms with Gasteiger partial charge in [0, 0.05) is 11.4 Å². The molecule has 3 rings (SSSR count). The third-order valence-corrected chi connectivity index (χ3v) is 5.41. The number of ether oxygens (including phenoxy) is 1. The van der Waals surface area contributed by atoms with Crippen molar-refractivity contribution in [3.8, 4) is 10.7 Å². The summed E-state index contributed by atoms with van der Waals surface area (Å²) in [5.74, 6) is 0.158. The summed E-state index contributed by atoms with van der Waals surface area (Å²) in [6.07, 6.45) is 0. The number of esters is 1. The Morgan fingerprint density at radius 2 is 2.04 bits per heavy atom. The van der Waals surface area contributed by atoms with Crippen molar-refractivity contribution in [1.29, 1.82) is 0 Å². The number of hydrogen-bond donors (Lipinski definition) is 2. The first kappa shape index (κ1) is 18.4. The van der Waals surface area contributed by atoms with Gasteiger partial charge in [-0.05, 0) is 32.2 Å². The van der Waals surface area contributed by atoms with Crippen LogP contribution >= 0.6 is 23.1 Å². The summed E-state index contributed by atoms with van der Waals surface area (Å²) in [6.45, 7) is 5.52. The number of thiophene rings is 1. The Labute approximate surface area is 158 Å². The fourth-order valence-electron chi connectivity index (χ4n) is 2.62. The Kier molecular flexibility index (Phi) is 5.58. The molecular formula is C17H18N4O3S2. The van der Waals surface area contributed by atoms with Gasteiger partial charge < -0.3 is 9.72 Å². The highest BCUT2D eigenvalue weighted by atomic mass is 32.2. The number of H-pyrrole nitrogens is 2. The number of nitrogens with zero attached hydrogens (tertiary/aromatic N) is 2. The highest BCUT2D eigenvalue weighted by Crippen LogP contribution is 2.25. The van der Waals surface area contributed by atoms with Gasteiger partial charge in [0.05, 0.1) is 28.4 Å². The SMILES string of the molecule is CCOC(=O)c1c(C)[nH]c(C)c1C(=O)CSc1n[nH]c(-c2cccs2)n1. The van der Waals surface area contributed by atoms with E-state index in [0.29, 0.717) is 33.5 Å². The molecule has 0 unspecified atom stereocenters. The fraction of sp³-hybridized carbons (Fsp3) is 0.294. The topological polar surface area (TPSA) is 101 Å². The third kappa shape index (κ3) is 3.73. The van der Waals surface area contributed by atoms with Gasteiger partial charge in [-0.3, -0.25) is 9.89 Å². The number of rotatable bonds is 7. The van der Waals surface area contributed by atoms with Crippen LogP contribution in [0.2, 0.25) is 0 Å². The fourth-order valence-corrected chi connectivity index (χ4v) is 3.96. The largest absolute Gasteiger partial charge is 0.462 e. The number of thioether (sulfide) groups is 1. The van der Waals surface area contributed by atoms with Crippen LogP contribution in [0.5, 0.6) is 0 Å². The lowest BCUT2D eigenvalue weighted by Crippen LogP contribution is -2.13. The maximum absolute atomic E-state index is 12.7. The molecule has 26 heavy (non-hydrogen) atoms. The number of hydrogen-bond acceptors (Lipinski definition) is 7. The minimum absolute atomic E-state index is 0.131. The van der Waals surface area contributed by atoms with Crippen LogP contribution in [0.25, 0.3) is 10.7 Å². The predicted molar refractivity (Wildman–Crippen MR) is 101 cm³/mol. The van der Waals surface area contributed by atoms with E-state index >= 15 is 0 Å². The van der Waals surface area contributed by atoms with Crippen LogP contribution in [0.15, 0.2) is 22.7 Å². The first-order chi connectivity index (χ1) is 12.5. The van der Waals surface area contributed by atoms with Crippen molar-refractivity contribution in [2.24, 2.45) is 0 Å². The first-order valence-electron chi connectivity index (χ1n) is 7.99. The normalized spacial score (nSPS) is 10.9. The zero-order valence-electron chi connectivity index (χ0n) is 14.6. The Balaban J connectivity index is 1.74. The number of aromatic amines is 2. The van der Waals surface area contributed by atoms with Crippen LogP contribution in [0.1, 0.15) is 39.0 Å². The van der Waals surface area contributed by atoms with Crippen LogP contribution < -0.4 is 0 Å². The molecule has 2 N–H and O–H groups in total. The standard InChI is InChI=1S/C17H18N4O3S2/c1-4-24-16(23)14-10(3)18-9(2)13(14)11(22)8-26-17-19-15(20-21-17)12-6-5-7-25-12/h5-7,18H,4,8H2,1-3H3,(H,19,20,21). The molecule has 136 valence electrons. The maximum atomic E-state index is 12.7. The lowest BCUT2D eigenvalue weighted by Gasteiger charge is -2.05. The molecule has 3 heterocycles. The molecule has 0 fully saturated rings. The lowest BCUT2D eigenvalue weighted by atomic mass is 10.1. The van der Waals surface area contributed by atoms with Gasteiger partial charge in [-0.25, -0.2) is 9.78 Å². The number of aromatic nitrogens is 4. The van der Waals surface area contributed by atoms with E-state index in [1.807, 2.05) is 17.5 Å². The van der Waals surface area contributed by atoms with Crippen molar-refractivity contribution in [2.45, 2.75) is 25.9 Å². The van der Waals surface area contributed by atoms with Gasteiger partial charge in [0.2, 0.25) is 5.16 Å². The Bertz CT molecular complexity index is 928. The summed E-state index contributed by atoms with van der Waals surface area (Å²) in [4.78, 5) is 33.3. The molecule has 7 nitrogen and oxygen atoms in total. The Morgan fingerprint density at radius 3 is 2.73 bits per heavy atom. The average Bonchev–Trinajstić information content (AvgIpc) is 3.32. The molecule has 0 aliphatic rings. The van der Waals surface area contributed by atoms with Crippen LogP contribution in [-0.4, -0.2) is 44.3 Å². The van der Waals surface area contributed by atoms with E-state index in [4.69, 9.17) is 4.74 Å². The average molecular weight is 390 g/mol. The molecule has 0 radical (unpaired) electrons. The number of carbonyl (C=O) groups is 2. The van der Waals surface area contributed by atoms with E-state index in [2.05, 4.69) is 20.2 Å². The highest BCUT2D eigenvalue weighted by molar-refractivity contribution is 7.99. The van der Waals surface area contributed by atoms with Gasteiger partial charge in [0.25, 0.3) is 0 Å². The molecule has 0 aliphatic heterocycles. The highest BCUT2D eigenvalue weighted by Gasteiger charge is 2.25. The van der Waals surface area contributed by atoms with Crippen LogP contribution in [0, 0.1) is 13.8 Å². The molecule has 0 bridgehead atoms. The number of nitrogens with one attached hydrogen (secondary N) is 2. The molecule has 0 spiro atoms. The van der Waals surface area contributed by atoms with Crippen molar-refractivity contribution in [2.75, 3.05) is 12.4 Å². The van der Waals surface area contributed by atoms with Crippen molar-refractivity contribution < 1.29 is 14.3 Å². The van der Waals surface area contributed by atoms with Crippen molar-refractivity contribution in [3.63, 3.8) is 0 Å². The molecule has 0 saturated heterocycles. The second-order valence-electron chi connectivity index (χ2n) is 5.50. The molecule has 3 aromatic heterocycles. The maximum Gasteiger partial charge on any atom is 0.340 e. The third-order valence-electron chi connectivity index (χ3n) is 3.69. The molecule has 0 amide bonds. The van der Waals surface area contributed by atoms with Crippen molar-refractivity contribution in [3.05, 3.63) is 40.0 Å². The predicted octanol–water partition coefficient (Wildman–Crippen LogP) is 3.63. The van der Waals surface area contributed by atoms with E-state index in [9.17, 15) is 9.59 Å². The van der Waals surface area contributed by atoms with Crippen LogP contribution in [-0.2, 0) is 4.74 Å². The Hall–Kier alpha value is -2.39. The van der Waals surface area contributed by atoms with Gasteiger partial charge in [-0.2, -0.15) is 0 Å². The van der Waals surface area contributed by atoms with Crippen molar-refractivity contribution in [1.82, 2.24) is 20.2 Å². The van der Waals surface area contributed by atoms with E-state index < -0.39 is 5.97 Å². The lowest BCUT2D eigenvalue weighted by molar-refractivity contribution is 0.0522. The number of ketones is 1. The summed E-state index contributed by atoms with van der Waals surface area (Å²) in [7, 11) is 0. The quantitative estimate of drug-likeness (QED) is 0.363. The van der Waals surface area contributed by atoms with Gasteiger partial charge in [0.1, 0.15) is 0 Å². The molecule has 3 aromatic rings. The van der Waals surface area contributed by atoms with Crippen LogP contribution in [0.3, 0.4) is 0 Å². The zero-order chi connectivity index (χ0) is 18.7. The van der Waals surface area contributed by atoms with E-state index in [-0.39, 0.29) is 18.1 Å². The monoisotopic (exact) mass is 390 g/mol. The minimum atomic E-state index is -0.486. The molecule has 0 saturated carbocycles. The molecule has 0 atom stereocenters. The first-order valence-corrected chi connectivity index (χ1v) is 9.86. The summed E-state index contributed by atoms with van der Waals surface area (Å²) in [6, 6.07) is 3.88. The molecule has 0 aromatic carbocycles. The number of carbonyl (C=O) groups excluding carboxylic acids is 2. The van der Waals surface area contributed by atoms with Gasteiger partial charge in [0.15, 0.2) is 11.6 Å². The summed E-state index contributed by atoms with van der Waals surface area (Å²) >= 11 is 2.79. The molecule has 9 heteroatoms. The molecule has 0 aliphatic carbocycles. The second-order valence-corrected chi connectivity index (χ2v) is 7.39. The number of Topliss-reactive ketones (excluding diaryl/α,β-unsaturated/α-hetero) is 1. The van der Waals surface area contributed by atoms with Crippen molar-refractivity contribution >= 4 is 34.9 Å². The second kappa shape index (κ2) is 7.88. The smallest absolute Gasteiger partial charge is 0.340 e. The van der Waals surface area contributed by atoms with Gasteiger partial charge >= 0.3 is 5.97 Å². The number of aryl methyl sites for hydroxylation is 2. The molecular weight excluding hydrogens is 372 g/mol. The van der Waals surface area contributed by atoms with E-state index in [1.54, 1.807) is 32.1 Å². The van der Waals surface area contributed by atoms with Gasteiger partial charge in [-0.15, -0.1) is 16.4 Å². The Morgan fingerprint density at radius 1 is 1.27 bits per heavy atom. The van der Waals surface area contributed by atoms with E-state index in [0.717, 1.165) is 4.88 Å². The minimum Gasteiger partial charge on any atom is -0.462 e. The summed E-state index contributed by atoms with van der Waals surface area (Å²) in [5, 5.41) is 9.46. The summed E-state index contributed by atoms with van der Waals surface area (Å²) in [5.41, 5.74) is 1.98. The zero-order valence-corrected chi connectivity index (χ0v) is 16.2. The summed E-state index contributed by atoms with van der Waals surface area (Å²) < 4.78 is 5.07. The van der Waals surface area contributed by atoms with Crippen LogP contribution in [0.4, 0.5) is 0 Å². The van der Waals surface area contributed by atoms with Gasteiger partial charge in [-0.1, -0.05) is 17.8 Å².